The van der Waals surface area contributed by atoms with Crippen LogP contribution in [0.5, 0.6) is 0 Å². The Labute approximate surface area is 222 Å². The monoisotopic (exact) mass is 647 g/mol. The Morgan fingerprint density at radius 3 is 2.15 bits per heavy atom. The van der Waals surface area contributed by atoms with Crippen LogP contribution in [-0.2, 0) is 19.2 Å². The highest BCUT2D eigenvalue weighted by molar-refractivity contribution is 9.25. The van der Waals surface area contributed by atoms with Gasteiger partial charge in [0.1, 0.15) is 51.7 Å². The van der Waals surface area contributed by atoms with Crippen molar-refractivity contribution in [2.75, 3.05) is 10.6 Å². The second-order valence-electron chi connectivity index (χ2n) is 6.54. The number of fused-ring (bicyclic) bond motifs is 3. The number of amides is 2. The van der Waals surface area contributed by atoms with E-state index in [4.69, 9.17) is 34.8 Å². The number of carbonyl (C=O) groups is 2. The number of aromatic amines is 1. The van der Waals surface area contributed by atoms with Crippen LogP contribution in [-0.4, -0.2) is 46.7 Å². The Kier molecular flexibility index (Phi) is 7.28. The van der Waals surface area contributed by atoms with Crippen LogP contribution in [0.4, 0.5) is 11.6 Å². The molecule has 0 aliphatic carbocycles. The largest absolute Gasteiger partial charge is 0.346 e. The van der Waals surface area contributed by atoms with E-state index in [1.165, 1.54) is 19.0 Å². The van der Waals surface area contributed by atoms with Gasteiger partial charge < -0.3 is 15.6 Å². The molecule has 0 fully saturated rings. The molecule has 0 spiro atoms. The van der Waals surface area contributed by atoms with Crippen LogP contribution in [0.25, 0.3) is 11.0 Å². The van der Waals surface area contributed by atoms with Crippen molar-refractivity contribution in [3.8, 4) is 0 Å². The predicted molar refractivity (Wildman–Crippen MR) is 133 cm³/mol. The van der Waals surface area contributed by atoms with Gasteiger partial charge in [0.2, 0.25) is 5.91 Å². The first-order chi connectivity index (χ1) is 16.2. The van der Waals surface area contributed by atoms with Gasteiger partial charge in [0, 0.05) is 11.8 Å². The second kappa shape index (κ2) is 10.0. The highest BCUT2D eigenvalue weighted by Crippen LogP contribution is 2.48. The van der Waals surface area contributed by atoms with Gasteiger partial charge in [-0.15, -0.1) is 0 Å². The lowest BCUT2D eigenvalue weighted by atomic mass is 10.3. The third-order valence-corrected chi connectivity index (χ3v) is 6.85. The molecular formula is C18H10Br2Cl3N9O2. The Balaban J connectivity index is 0.000000122. The first-order valence-corrected chi connectivity index (χ1v) is 11.8. The summed E-state index contributed by atoms with van der Waals surface area (Å²) in [7, 11) is 0. The van der Waals surface area contributed by atoms with Crippen LogP contribution in [0.2, 0.25) is 15.5 Å². The van der Waals surface area contributed by atoms with E-state index in [0.717, 1.165) is 11.0 Å². The molecular weight excluding hydrogens is 640 g/mol. The molecule has 0 atom stereocenters. The zero-order valence-electron chi connectivity index (χ0n) is 16.5. The van der Waals surface area contributed by atoms with E-state index in [1.807, 2.05) is 6.07 Å². The lowest BCUT2D eigenvalue weighted by Gasteiger charge is -2.09. The van der Waals surface area contributed by atoms with Crippen LogP contribution in [0.15, 0.2) is 31.2 Å². The van der Waals surface area contributed by atoms with Gasteiger partial charge >= 0.3 is 0 Å². The molecule has 0 radical (unpaired) electrons. The first-order valence-electron chi connectivity index (χ1n) is 9.11. The molecule has 6 heterocycles. The van der Waals surface area contributed by atoms with Crippen molar-refractivity contribution in [2.45, 2.75) is 9.65 Å². The van der Waals surface area contributed by atoms with Crippen molar-refractivity contribution >= 4 is 101 Å². The number of rotatable bonds is 0. The number of hydrogen-bond acceptors (Lipinski definition) is 8. The zero-order valence-corrected chi connectivity index (χ0v) is 21.9. The average molecular weight is 651 g/mol. The molecule has 2 aliphatic heterocycles. The fourth-order valence-corrected chi connectivity index (χ4v) is 4.72. The summed E-state index contributed by atoms with van der Waals surface area (Å²) < 4.78 is -1.01. The van der Waals surface area contributed by atoms with Crippen molar-refractivity contribution in [3.05, 3.63) is 57.8 Å². The molecule has 0 saturated heterocycles. The number of nitrogens with zero attached hydrogens (tertiary/aromatic N) is 6. The molecule has 4 aromatic heterocycles. The summed E-state index contributed by atoms with van der Waals surface area (Å²) in [5.74, 6) is 0.626. The lowest BCUT2D eigenvalue weighted by molar-refractivity contribution is -0.116. The van der Waals surface area contributed by atoms with Crippen LogP contribution < -0.4 is 10.6 Å². The van der Waals surface area contributed by atoms with Gasteiger partial charge in [-0.3, -0.25) is 9.59 Å². The molecule has 2 amide bonds. The minimum absolute atomic E-state index is 0.0811. The number of anilines is 2. The van der Waals surface area contributed by atoms with E-state index < -0.39 is 3.23 Å². The summed E-state index contributed by atoms with van der Waals surface area (Å²) in [6, 6.07) is 1.84. The molecule has 11 nitrogen and oxygen atoms in total. The molecule has 16 heteroatoms. The molecule has 0 bridgehead atoms. The average Bonchev–Trinajstić information content (AvgIpc) is 3.47. The molecule has 4 aromatic rings. The highest BCUT2D eigenvalue weighted by Gasteiger charge is 2.45. The maximum atomic E-state index is 11.4. The van der Waals surface area contributed by atoms with Gasteiger partial charge in [0.05, 0.1) is 17.4 Å². The van der Waals surface area contributed by atoms with Crippen LogP contribution in [0.3, 0.4) is 0 Å². The number of hydrogen-bond donors (Lipinski definition) is 3. The van der Waals surface area contributed by atoms with E-state index in [0.29, 0.717) is 33.1 Å². The SMILES string of the molecule is Clc1ncnc2[nH]ccc12.O=C1Cc2c(Cl)ncnc2N1.O=C1Nc2ncnc(Cl)c2C1(Br)Br. The summed E-state index contributed by atoms with van der Waals surface area (Å²) in [4.78, 5) is 48.1. The number of H-pyrrole nitrogens is 1. The minimum Gasteiger partial charge on any atom is -0.346 e. The van der Waals surface area contributed by atoms with E-state index in [9.17, 15) is 9.59 Å². The molecule has 34 heavy (non-hydrogen) atoms. The van der Waals surface area contributed by atoms with Gasteiger partial charge in [0.25, 0.3) is 5.91 Å². The third kappa shape index (κ3) is 4.98. The third-order valence-electron chi connectivity index (χ3n) is 4.43. The number of halogens is 5. The van der Waals surface area contributed by atoms with E-state index in [2.05, 4.69) is 77.4 Å². The summed E-state index contributed by atoms with van der Waals surface area (Å²) in [6.07, 6.45) is 6.12. The number of carbonyl (C=O) groups excluding carboxylic acids is 2. The quantitative estimate of drug-likeness (QED) is 0.189. The van der Waals surface area contributed by atoms with E-state index in [1.54, 1.807) is 6.20 Å². The minimum atomic E-state index is -1.01. The maximum Gasteiger partial charge on any atom is 0.258 e. The number of nitrogens with one attached hydrogen (secondary N) is 3. The van der Waals surface area contributed by atoms with E-state index in [-0.39, 0.29) is 23.4 Å². The van der Waals surface area contributed by atoms with Gasteiger partial charge in [0.15, 0.2) is 3.23 Å². The van der Waals surface area contributed by atoms with Gasteiger partial charge in [-0.05, 0) is 6.07 Å². The summed E-state index contributed by atoms with van der Waals surface area (Å²) in [5.41, 5.74) is 1.99. The fourth-order valence-electron chi connectivity index (χ4n) is 2.87. The van der Waals surface area contributed by atoms with Crippen molar-refractivity contribution in [2.24, 2.45) is 0 Å². The molecule has 0 saturated carbocycles. The lowest BCUT2D eigenvalue weighted by Crippen LogP contribution is -2.20. The van der Waals surface area contributed by atoms with Crippen LogP contribution in [0.1, 0.15) is 11.1 Å². The second-order valence-corrected chi connectivity index (χ2v) is 11.1. The predicted octanol–water partition coefficient (Wildman–Crippen LogP) is 4.26. The Hall–Kier alpha value is -2.45. The summed E-state index contributed by atoms with van der Waals surface area (Å²) in [6.45, 7) is 0. The van der Waals surface area contributed by atoms with Crippen LogP contribution >= 0.6 is 66.7 Å². The zero-order chi connectivity index (χ0) is 24.5. The fraction of sp³-hybridized carbons (Fsp3) is 0.111. The molecule has 174 valence electrons. The van der Waals surface area contributed by atoms with Gasteiger partial charge in [-0.1, -0.05) is 66.7 Å². The molecule has 6 rings (SSSR count). The molecule has 2 aliphatic rings. The van der Waals surface area contributed by atoms with Crippen molar-refractivity contribution in [1.29, 1.82) is 0 Å². The Morgan fingerprint density at radius 2 is 1.47 bits per heavy atom. The number of aromatic nitrogens is 7. The van der Waals surface area contributed by atoms with E-state index >= 15 is 0 Å². The first kappa shape index (κ1) is 24.7. The van der Waals surface area contributed by atoms with Crippen molar-refractivity contribution < 1.29 is 9.59 Å². The molecule has 0 unspecified atom stereocenters. The topological polar surface area (TPSA) is 151 Å². The maximum absolute atomic E-state index is 11.4. The molecule has 0 aromatic carbocycles. The van der Waals surface area contributed by atoms with Gasteiger partial charge in [-0.25, -0.2) is 29.9 Å². The van der Waals surface area contributed by atoms with Crippen LogP contribution in [0, 0.1) is 0 Å². The smallest absolute Gasteiger partial charge is 0.258 e. The summed E-state index contributed by atoms with van der Waals surface area (Å²) >= 11 is 23.6. The van der Waals surface area contributed by atoms with Gasteiger partial charge in [-0.2, -0.15) is 0 Å². The summed E-state index contributed by atoms with van der Waals surface area (Å²) in [5, 5.41) is 7.08. The molecule has 3 N–H and O–H groups in total. The highest BCUT2D eigenvalue weighted by atomic mass is 79.9. The Morgan fingerprint density at radius 1 is 0.824 bits per heavy atom. The van der Waals surface area contributed by atoms with Crippen molar-refractivity contribution in [3.63, 3.8) is 0 Å². The Bertz CT molecular complexity index is 1420. The standard InChI is InChI=1S/C6H2Br2ClN3O.C6H4ClN3O.C6H4ClN3/c7-6(8)2-3(9)10-1-11-4(2)12-5(6)13;7-5-3-1-4(11)10-6(3)9-2-8-5;7-5-4-1-2-8-6(4)10-3-9-5/h1H,(H,10,11,12,13);2H,1H2,(H,8,9,10,11);1-3H,(H,8,9,10). The number of alkyl halides is 2. The van der Waals surface area contributed by atoms with Crippen molar-refractivity contribution in [1.82, 2.24) is 34.9 Å². The normalized spacial score (nSPS) is 14.7.